The lowest BCUT2D eigenvalue weighted by Gasteiger charge is -2.28. The molecule has 0 aliphatic rings. The monoisotopic (exact) mass is 494 g/mol. The van der Waals surface area contributed by atoms with Crippen LogP contribution in [0.25, 0.3) is 0 Å². The molecule has 3 nitrogen and oxygen atoms in total. The van der Waals surface area contributed by atoms with Crippen molar-refractivity contribution in [1.29, 1.82) is 0 Å². The number of aromatic nitrogens is 1. The summed E-state index contributed by atoms with van der Waals surface area (Å²) in [6.07, 6.45) is 2.45. The third kappa shape index (κ3) is 5.64. The van der Waals surface area contributed by atoms with E-state index in [9.17, 15) is 13.0 Å². The highest BCUT2D eigenvalue weighted by Crippen LogP contribution is 2.35. The standard InChI is InChI=1S/C17H18Br2F2N2OS/c1-17(2,25(22)24)8-11(16-15(19)6-12(18)9-23-16)3-10-4-13(20)7-14(21)5-10/h4-7,9,11H,3,8,22H2,1-2H3/t11-,25?/m0/s1. The lowest BCUT2D eigenvalue weighted by molar-refractivity contribution is 0.502. The van der Waals surface area contributed by atoms with E-state index in [1.54, 1.807) is 20.0 Å². The normalized spacial score (nSPS) is 14.4. The van der Waals surface area contributed by atoms with Gasteiger partial charge in [-0.2, -0.15) is 0 Å². The van der Waals surface area contributed by atoms with E-state index in [1.807, 2.05) is 6.07 Å². The van der Waals surface area contributed by atoms with Crippen molar-refractivity contribution in [2.75, 3.05) is 0 Å². The molecule has 0 bridgehead atoms. The van der Waals surface area contributed by atoms with Crippen LogP contribution < -0.4 is 5.14 Å². The first-order valence-electron chi connectivity index (χ1n) is 7.50. The number of hydrogen-bond acceptors (Lipinski definition) is 2. The van der Waals surface area contributed by atoms with Crippen LogP contribution >= 0.6 is 31.9 Å². The molecule has 2 aromatic rings. The van der Waals surface area contributed by atoms with Crippen LogP contribution in [-0.4, -0.2) is 13.9 Å². The van der Waals surface area contributed by atoms with E-state index in [2.05, 4.69) is 36.8 Å². The average molecular weight is 496 g/mol. The van der Waals surface area contributed by atoms with E-state index < -0.39 is 27.4 Å². The molecule has 1 aromatic carbocycles. The fourth-order valence-electron chi connectivity index (χ4n) is 2.68. The summed E-state index contributed by atoms with van der Waals surface area (Å²) in [7, 11) is -1.55. The van der Waals surface area contributed by atoms with E-state index in [-0.39, 0.29) is 5.92 Å². The fourth-order valence-corrected chi connectivity index (χ4v) is 4.36. The minimum Gasteiger partial charge on any atom is -0.259 e. The van der Waals surface area contributed by atoms with Gasteiger partial charge in [-0.1, -0.05) is 0 Å². The number of hydrogen-bond donors (Lipinski definition) is 1. The van der Waals surface area contributed by atoms with Gasteiger partial charge < -0.3 is 0 Å². The van der Waals surface area contributed by atoms with Crippen molar-refractivity contribution >= 4 is 42.8 Å². The van der Waals surface area contributed by atoms with E-state index in [4.69, 9.17) is 5.14 Å². The molecule has 0 radical (unpaired) electrons. The number of nitrogens with zero attached hydrogens (tertiary/aromatic N) is 1. The van der Waals surface area contributed by atoms with Crippen LogP contribution in [0.1, 0.15) is 37.4 Å². The number of pyridine rings is 1. The highest BCUT2D eigenvalue weighted by atomic mass is 79.9. The Morgan fingerprint density at radius 3 is 2.32 bits per heavy atom. The molecule has 0 saturated heterocycles. The minimum absolute atomic E-state index is 0.217. The summed E-state index contributed by atoms with van der Waals surface area (Å²) < 4.78 is 39.8. The molecule has 8 heteroatoms. The summed E-state index contributed by atoms with van der Waals surface area (Å²) in [5.41, 5.74) is 1.24. The Kier molecular flexibility index (Phi) is 6.87. The largest absolute Gasteiger partial charge is 0.259 e. The maximum absolute atomic E-state index is 13.5. The molecule has 0 aliphatic heterocycles. The lowest BCUT2D eigenvalue weighted by Crippen LogP contribution is -2.34. The second kappa shape index (κ2) is 8.33. The van der Waals surface area contributed by atoms with Gasteiger partial charge in [-0.15, -0.1) is 0 Å². The molecule has 0 amide bonds. The molecule has 1 heterocycles. The zero-order valence-corrected chi connectivity index (χ0v) is 17.7. The van der Waals surface area contributed by atoms with Gasteiger partial charge in [0.25, 0.3) is 0 Å². The third-order valence-corrected chi connectivity index (χ3v) is 6.23. The van der Waals surface area contributed by atoms with Gasteiger partial charge in [-0.05, 0) is 82.3 Å². The molecular weight excluding hydrogens is 478 g/mol. The quantitative estimate of drug-likeness (QED) is 0.612. The third-order valence-electron chi connectivity index (χ3n) is 3.91. The molecule has 2 rings (SSSR count). The minimum atomic E-state index is -1.55. The topological polar surface area (TPSA) is 56.0 Å². The summed E-state index contributed by atoms with van der Waals surface area (Å²) in [6.45, 7) is 3.60. The molecule has 2 atom stereocenters. The average Bonchev–Trinajstić information content (AvgIpc) is 2.45. The number of rotatable bonds is 6. The first-order chi connectivity index (χ1) is 11.6. The van der Waals surface area contributed by atoms with Crippen molar-refractivity contribution in [3.63, 3.8) is 0 Å². The molecule has 1 aromatic heterocycles. The van der Waals surface area contributed by atoms with Crippen LogP contribution in [0.5, 0.6) is 0 Å². The summed E-state index contributed by atoms with van der Waals surface area (Å²) in [6, 6.07) is 5.30. The van der Waals surface area contributed by atoms with Gasteiger partial charge in [-0.25, -0.2) is 13.0 Å². The second-order valence-corrected chi connectivity index (χ2v) is 9.93. The highest BCUT2D eigenvalue weighted by Gasteiger charge is 2.30. The summed E-state index contributed by atoms with van der Waals surface area (Å²) in [5, 5.41) is 5.61. The Balaban J connectivity index is 2.42. The Morgan fingerprint density at radius 2 is 1.80 bits per heavy atom. The van der Waals surface area contributed by atoms with E-state index in [1.165, 1.54) is 12.1 Å². The molecule has 0 spiro atoms. The molecule has 25 heavy (non-hydrogen) atoms. The van der Waals surface area contributed by atoms with Crippen molar-refractivity contribution in [1.82, 2.24) is 4.98 Å². The highest BCUT2D eigenvalue weighted by molar-refractivity contribution is 9.11. The molecule has 136 valence electrons. The molecule has 2 N–H and O–H groups in total. The van der Waals surface area contributed by atoms with Crippen LogP contribution in [0.2, 0.25) is 0 Å². The SMILES string of the molecule is CC(C)(C[C@H](Cc1cc(F)cc(F)c1)c1ncc(Br)cc1Br)S(N)=O. The first-order valence-corrected chi connectivity index (χ1v) is 10.3. The van der Waals surface area contributed by atoms with Crippen molar-refractivity contribution in [2.24, 2.45) is 5.14 Å². The van der Waals surface area contributed by atoms with Crippen LogP contribution in [0.15, 0.2) is 39.4 Å². The molecular formula is C17H18Br2F2N2OS. The smallest absolute Gasteiger partial charge is 0.126 e. The van der Waals surface area contributed by atoms with Gasteiger partial charge in [0.15, 0.2) is 0 Å². The Morgan fingerprint density at radius 1 is 1.20 bits per heavy atom. The Labute approximate surface area is 165 Å². The van der Waals surface area contributed by atoms with Crippen molar-refractivity contribution < 1.29 is 13.0 Å². The van der Waals surface area contributed by atoms with Crippen molar-refractivity contribution in [2.45, 2.75) is 37.4 Å². The van der Waals surface area contributed by atoms with Crippen LogP contribution in [0, 0.1) is 11.6 Å². The van der Waals surface area contributed by atoms with Gasteiger partial charge in [0.2, 0.25) is 0 Å². The van der Waals surface area contributed by atoms with Crippen LogP contribution in [0.4, 0.5) is 8.78 Å². The maximum atomic E-state index is 13.5. The van der Waals surface area contributed by atoms with Gasteiger partial charge in [0, 0.05) is 27.1 Å². The van der Waals surface area contributed by atoms with Crippen molar-refractivity contribution in [3.8, 4) is 0 Å². The summed E-state index contributed by atoms with van der Waals surface area (Å²) >= 11 is 6.84. The van der Waals surface area contributed by atoms with Gasteiger partial charge in [0.05, 0.1) is 21.4 Å². The van der Waals surface area contributed by atoms with Crippen molar-refractivity contribution in [3.05, 3.63) is 62.3 Å². The molecule has 0 saturated carbocycles. The van der Waals surface area contributed by atoms with Gasteiger partial charge >= 0.3 is 0 Å². The van der Waals surface area contributed by atoms with Gasteiger partial charge in [0.1, 0.15) is 11.6 Å². The lowest BCUT2D eigenvalue weighted by atomic mass is 9.87. The van der Waals surface area contributed by atoms with E-state index >= 15 is 0 Å². The molecule has 0 fully saturated rings. The molecule has 1 unspecified atom stereocenters. The maximum Gasteiger partial charge on any atom is 0.126 e. The summed E-state index contributed by atoms with van der Waals surface area (Å²) in [5.74, 6) is -1.47. The zero-order chi connectivity index (χ0) is 18.8. The fraction of sp³-hybridized carbons (Fsp3) is 0.353. The predicted octanol–water partition coefficient (Wildman–Crippen LogP) is 5.00. The Hall–Kier alpha value is -0.700. The predicted molar refractivity (Wildman–Crippen MR) is 103 cm³/mol. The molecule has 0 aliphatic carbocycles. The first kappa shape index (κ1) is 20.6. The van der Waals surface area contributed by atoms with Gasteiger partial charge in [-0.3, -0.25) is 10.1 Å². The zero-order valence-electron chi connectivity index (χ0n) is 13.7. The number of nitrogens with two attached hydrogens (primary N) is 1. The van der Waals surface area contributed by atoms with Crippen LogP contribution in [0.3, 0.4) is 0 Å². The number of benzene rings is 1. The van der Waals surface area contributed by atoms with Crippen LogP contribution in [-0.2, 0) is 17.4 Å². The Bertz CT molecular complexity index is 782. The van der Waals surface area contributed by atoms with E-state index in [0.717, 1.165) is 20.7 Å². The number of halogens is 4. The summed E-state index contributed by atoms with van der Waals surface area (Å²) in [4.78, 5) is 4.44. The second-order valence-electron chi connectivity index (χ2n) is 6.46. The van der Waals surface area contributed by atoms with E-state index in [0.29, 0.717) is 18.4 Å².